The number of rotatable bonds is 11. The van der Waals surface area contributed by atoms with Crippen LogP contribution in [0.5, 0.6) is 0 Å². The monoisotopic (exact) mass is 1510 g/mol. The van der Waals surface area contributed by atoms with Gasteiger partial charge in [0.1, 0.15) is 11.2 Å². The lowest BCUT2D eigenvalue weighted by molar-refractivity contribution is 0.666. The summed E-state index contributed by atoms with van der Waals surface area (Å²) in [4.78, 5) is 30.6. The highest BCUT2D eigenvalue weighted by Gasteiger charge is 2.28. The quantitative estimate of drug-likeness (QED) is 0.126. The van der Waals surface area contributed by atoms with Gasteiger partial charge in [0.2, 0.25) is 0 Å². The van der Waals surface area contributed by atoms with Crippen LogP contribution in [0.1, 0.15) is 0 Å². The molecule has 0 aliphatic heterocycles. The van der Waals surface area contributed by atoms with Crippen LogP contribution >= 0.6 is 0 Å². The van der Waals surface area contributed by atoms with Crippen LogP contribution in [0.2, 0.25) is 0 Å². The Morgan fingerprint density at radius 2 is 0.492 bits per heavy atom. The molecule has 550 valence electrons. The summed E-state index contributed by atoms with van der Waals surface area (Å²) in [6, 6.07) is 140. The van der Waals surface area contributed by atoms with Crippen LogP contribution in [-0.4, -0.2) is 39.0 Å². The van der Waals surface area contributed by atoms with Crippen LogP contribution in [0.15, 0.2) is 409 Å². The zero-order valence-electron chi connectivity index (χ0n) is 63.5. The van der Waals surface area contributed by atoms with Crippen LogP contribution in [-0.2, 0) is 0 Å². The minimum Gasteiger partial charge on any atom is -0.454 e. The van der Waals surface area contributed by atoms with Crippen molar-refractivity contribution in [2.45, 2.75) is 0 Å². The van der Waals surface area contributed by atoms with Crippen molar-refractivity contribution in [3.8, 4) is 113 Å². The molecule has 24 rings (SSSR count). The van der Waals surface area contributed by atoms with Gasteiger partial charge in [0.15, 0.2) is 46.1 Å². The fourth-order valence-electron chi connectivity index (χ4n) is 17.6. The highest BCUT2D eigenvalue weighted by Crippen LogP contribution is 2.49. The number of benzene rings is 18. The highest BCUT2D eigenvalue weighted by atomic mass is 16.3. The van der Waals surface area contributed by atoms with Crippen LogP contribution in [0.4, 0.5) is 0 Å². The molecule has 18 aromatic carbocycles. The molecule has 6 heterocycles. The molecule has 0 N–H and O–H groups in total. The summed E-state index contributed by atoms with van der Waals surface area (Å²) in [6.07, 6.45) is 0. The summed E-state index contributed by atoms with van der Waals surface area (Å²) < 4.78 is 19.0. The number of fused-ring (bicyclic) bond motifs is 18. The number of hydrogen-bond donors (Lipinski definition) is 0. The van der Waals surface area contributed by atoms with E-state index in [1.807, 2.05) is 133 Å². The molecule has 118 heavy (non-hydrogen) atoms. The topological polar surface area (TPSA) is 113 Å². The minimum absolute atomic E-state index is 0.582. The Morgan fingerprint density at radius 1 is 0.178 bits per heavy atom. The van der Waals surface area contributed by atoms with Crippen LogP contribution < -0.4 is 0 Å². The Kier molecular flexibility index (Phi) is 16.0. The van der Waals surface area contributed by atoms with Crippen molar-refractivity contribution >= 4 is 120 Å². The third-order valence-corrected chi connectivity index (χ3v) is 23.0. The fourth-order valence-corrected chi connectivity index (χ4v) is 17.6. The van der Waals surface area contributed by atoms with Crippen molar-refractivity contribution in [1.82, 2.24) is 39.0 Å². The van der Waals surface area contributed by atoms with Crippen molar-refractivity contribution in [2.75, 3.05) is 0 Å². The van der Waals surface area contributed by atoms with Gasteiger partial charge in [-0.2, -0.15) is 0 Å². The van der Waals surface area contributed by atoms with Gasteiger partial charge in [0.25, 0.3) is 0 Å². The Balaban J connectivity index is 0.000000138. The molecule has 0 atom stereocenters. The van der Waals surface area contributed by atoms with E-state index in [1.165, 1.54) is 59.4 Å². The summed E-state index contributed by atoms with van der Waals surface area (Å²) in [7, 11) is 0. The van der Waals surface area contributed by atoms with Crippen LogP contribution in [0.3, 0.4) is 0 Å². The first-order chi connectivity index (χ1) is 58.5. The van der Waals surface area contributed by atoms with Gasteiger partial charge in [0.05, 0.1) is 33.4 Å². The summed E-state index contributed by atoms with van der Waals surface area (Å²) in [6.45, 7) is 0. The van der Waals surface area contributed by atoms with Crippen molar-refractivity contribution < 1.29 is 8.83 Å². The number of nitrogens with zero attached hydrogens (tertiary/aromatic N) is 8. The van der Waals surface area contributed by atoms with E-state index in [0.29, 0.717) is 34.9 Å². The largest absolute Gasteiger partial charge is 0.454 e. The van der Waals surface area contributed by atoms with Gasteiger partial charge in [-0.3, -0.25) is 0 Å². The molecule has 0 saturated heterocycles. The second kappa shape index (κ2) is 28.0. The standard InChI is InChI=1S/C55H34N4O.C53H32N4O/c1-5-16-35(17-6-1)40-28-30-43-47(33-40)59(46-31-29-37-20-13-14-25-42(37)50(43)46)48-34-41(36-18-7-2-8-19-36)32-45-51-44(26-15-27-49(51)60-52(45)48)55-57-53(38-21-9-3-10-22-38)56-54(58-55)39-23-11-4-12-24-39;1-4-15-33(16-5-1)38-31-42-47-41(53-55-51(36-19-6-2-7-20-36)54-52(56-53)37-21-8-3-9-22-37)25-14-26-46(47)58-50(42)45(32-38)57-43-29-27-34-17-10-12-23-39(34)48(43)49-40-24-13-11-18-35(40)28-30-44(49)57/h1-34H;1-32H. The average molecular weight is 1510 g/mol. The van der Waals surface area contributed by atoms with Gasteiger partial charge in [-0.25, -0.2) is 29.9 Å². The summed E-state index contributed by atoms with van der Waals surface area (Å²) in [5, 5.41) is 16.0. The molecule has 0 radical (unpaired) electrons. The van der Waals surface area contributed by atoms with E-state index in [1.54, 1.807) is 0 Å². The lowest BCUT2D eigenvalue weighted by atomic mass is 9.99. The maximum absolute atomic E-state index is 7.10. The van der Waals surface area contributed by atoms with Gasteiger partial charge in [-0.05, 0) is 126 Å². The lowest BCUT2D eigenvalue weighted by Gasteiger charge is -2.13. The number of hydrogen-bond acceptors (Lipinski definition) is 8. The van der Waals surface area contributed by atoms with Gasteiger partial charge in [0, 0.05) is 76.5 Å². The molecule has 0 amide bonds. The highest BCUT2D eigenvalue weighted by molar-refractivity contribution is 6.30. The zero-order chi connectivity index (χ0) is 77.7. The van der Waals surface area contributed by atoms with Gasteiger partial charge >= 0.3 is 0 Å². The number of furan rings is 2. The smallest absolute Gasteiger partial charge is 0.164 e. The molecule has 0 aliphatic rings. The maximum atomic E-state index is 7.10. The molecule has 10 heteroatoms. The van der Waals surface area contributed by atoms with Gasteiger partial charge in [-0.1, -0.05) is 340 Å². The normalized spacial score (nSPS) is 11.7. The van der Waals surface area contributed by atoms with Crippen molar-refractivity contribution in [3.63, 3.8) is 0 Å². The Bertz CT molecular complexity index is 7880. The first-order valence-electron chi connectivity index (χ1n) is 39.7. The average Bonchev–Trinajstić information content (AvgIpc) is 1.55. The number of aromatic nitrogens is 8. The van der Waals surface area contributed by atoms with E-state index in [4.69, 9.17) is 38.7 Å². The van der Waals surface area contributed by atoms with Gasteiger partial charge < -0.3 is 18.0 Å². The summed E-state index contributed by atoms with van der Waals surface area (Å²) in [5.74, 6) is 3.62. The fraction of sp³-hybridized carbons (Fsp3) is 0. The van der Waals surface area contributed by atoms with E-state index < -0.39 is 0 Å². The van der Waals surface area contributed by atoms with E-state index in [-0.39, 0.29) is 0 Å². The molecule has 6 aromatic heterocycles. The molecular formula is C108H66N8O2. The first-order valence-corrected chi connectivity index (χ1v) is 39.7. The third-order valence-electron chi connectivity index (χ3n) is 23.0. The minimum atomic E-state index is 0.582. The van der Waals surface area contributed by atoms with Crippen molar-refractivity contribution in [2.24, 2.45) is 0 Å². The lowest BCUT2D eigenvalue weighted by Crippen LogP contribution is -2.00. The molecule has 0 saturated carbocycles. The SMILES string of the molecule is c1ccc(-c2cc(-n3c4cc(-c5ccccc5)ccc4c4c5ccccc5ccc43)c3oc4cccc(-c5nc(-c6ccccc6)nc(-c6ccccc6)n5)c4c3c2)cc1.c1ccc(-c2cc(-n3c4ccc5ccccc5c4c4c5ccccc5ccc43)c3oc4cccc(-c5nc(-c6ccccc6)nc(-c6ccccc6)n5)c4c3c2)cc1. The zero-order valence-corrected chi connectivity index (χ0v) is 63.5. The van der Waals surface area contributed by atoms with Crippen LogP contribution in [0, 0.1) is 0 Å². The van der Waals surface area contributed by atoms with Crippen molar-refractivity contribution in [1.29, 1.82) is 0 Å². The predicted molar refractivity (Wildman–Crippen MR) is 484 cm³/mol. The molecule has 0 unspecified atom stereocenters. The Morgan fingerprint density at radius 3 is 0.873 bits per heavy atom. The van der Waals surface area contributed by atoms with E-state index >= 15 is 0 Å². The summed E-state index contributed by atoms with van der Waals surface area (Å²) in [5.41, 5.74) is 21.6. The molecular weight excluding hydrogens is 1440 g/mol. The van der Waals surface area contributed by atoms with E-state index in [9.17, 15) is 0 Å². The third kappa shape index (κ3) is 11.4. The second-order valence-corrected chi connectivity index (χ2v) is 29.9. The maximum Gasteiger partial charge on any atom is 0.164 e. The van der Waals surface area contributed by atoms with E-state index in [2.05, 4.69) is 276 Å². The Labute approximate surface area is 676 Å². The van der Waals surface area contributed by atoms with Gasteiger partial charge in [-0.15, -0.1) is 0 Å². The molecule has 10 nitrogen and oxygen atoms in total. The second-order valence-electron chi connectivity index (χ2n) is 29.9. The molecule has 24 aromatic rings. The first kappa shape index (κ1) is 67.6. The molecule has 0 aliphatic carbocycles. The molecule has 0 fully saturated rings. The van der Waals surface area contributed by atoms with E-state index in [0.717, 1.165) is 139 Å². The predicted octanol–water partition coefficient (Wildman–Crippen LogP) is 28.2. The Hall–Kier alpha value is -16.0. The van der Waals surface area contributed by atoms with Crippen molar-refractivity contribution in [3.05, 3.63) is 400 Å². The molecule has 0 spiro atoms. The van der Waals surface area contributed by atoms with Crippen LogP contribution in [0.25, 0.3) is 233 Å². The molecule has 0 bridgehead atoms. The summed E-state index contributed by atoms with van der Waals surface area (Å²) >= 11 is 0.